The largest absolute Gasteiger partial charge is 0.329 e. The number of nitrogens with one attached hydrogen (secondary N) is 1. The number of hydrogen-bond donors (Lipinski definition) is 1. The summed E-state index contributed by atoms with van der Waals surface area (Å²) < 4.78 is 14.0. The molecule has 1 atom stereocenters. The molecule has 2 heterocycles. The lowest BCUT2D eigenvalue weighted by atomic mass is 10.1. The molecule has 0 saturated carbocycles. The summed E-state index contributed by atoms with van der Waals surface area (Å²) in [4.78, 5) is 26.9. The molecule has 0 aliphatic carbocycles. The van der Waals surface area contributed by atoms with Crippen molar-refractivity contribution in [3.05, 3.63) is 74.9 Å². The minimum atomic E-state index is -0.552. The van der Waals surface area contributed by atoms with Crippen LogP contribution in [0.5, 0.6) is 0 Å². The number of carbonyl (C=O) groups excluding carboxylic acids is 2. The van der Waals surface area contributed by atoms with E-state index in [0.717, 1.165) is 17.8 Å². The third kappa shape index (κ3) is 4.13. The Bertz CT molecular complexity index is 1060. The molecule has 1 fully saturated rings. The summed E-state index contributed by atoms with van der Waals surface area (Å²) in [5.41, 5.74) is 0.623. The number of benzene rings is 2. The van der Waals surface area contributed by atoms with Crippen LogP contribution in [0.1, 0.15) is 44.1 Å². The van der Waals surface area contributed by atoms with Gasteiger partial charge in [0.2, 0.25) is 5.01 Å². The number of halogens is 2. The first-order valence-electron chi connectivity index (χ1n) is 8.99. The molecular formula is C20H16ClFN4O2S. The SMILES string of the molecule is O=C(Nc1ccc(Cl)cc1)c1nnc([C@@H]2CCCN2C(=O)c2ccccc2F)s1. The second kappa shape index (κ2) is 8.26. The molecule has 1 aliphatic rings. The van der Waals surface area contributed by atoms with Gasteiger partial charge < -0.3 is 10.2 Å². The average Bonchev–Trinajstić information content (AvgIpc) is 3.39. The molecular weight excluding hydrogens is 415 g/mol. The number of likely N-dealkylation sites (tertiary alicyclic amines) is 1. The van der Waals surface area contributed by atoms with Gasteiger partial charge in [0.1, 0.15) is 10.8 Å². The summed E-state index contributed by atoms with van der Waals surface area (Å²) >= 11 is 6.98. The molecule has 148 valence electrons. The lowest BCUT2D eigenvalue weighted by Gasteiger charge is -2.23. The van der Waals surface area contributed by atoms with Gasteiger partial charge in [0, 0.05) is 17.3 Å². The van der Waals surface area contributed by atoms with Crippen LogP contribution in [-0.4, -0.2) is 33.5 Å². The van der Waals surface area contributed by atoms with E-state index in [1.807, 2.05) is 0 Å². The highest BCUT2D eigenvalue weighted by atomic mass is 35.5. The molecule has 1 saturated heterocycles. The topological polar surface area (TPSA) is 75.2 Å². The van der Waals surface area contributed by atoms with Gasteiger partial charge in [0.25, 0.3) is 11.8 Å². The number of nitrogens with zero attached hydrogens (tertiary/aromatic N) is 3. The normalized spacial score (nSPS) is 16.1. The van der Waals surface area contributed by atoms with E-state index in [0.29, 0.717) is 28.7 Å². The van der Waals surface area contributed by atoms with Gasteiger partial charge in [-0.25, -0.2) is 4.39 Å². The van der Waals surface area contributed by atoms with E-state index in [-0.39, 0.29) is 28.4 Å². The molecule has 1 aromatic heterocycles. The van der Waals surface area contributed by atoms with E-state index >= 15 is 0 Å². The highest BCUT2D eigenvalue weighted by Crippen LogP contribution is 2.35. The maximum Gasteiger partial charge on any atom is 0.286 e. The first-order valence-corrected chi connectivity index (χ1v) is 10.2. The first kappa shape index (κ1) is 19.5. The summed E-state index contributed by atoms with van der Waals surface area (Å²) in [6.07, 6.45) is 1.46. The third-order valence-corrected chi connectivity index (χ3v) is 5.92. The minimum absolute atomic E-state index is 0.0321. The minimum Gasteiger partial charge on any atom is -0.329 e. The zero-order valence-corrected chi connectivity index (χ0v) is 16.7. The molecule has 0 radical (unpaired) electrons. The highest BCUT2D eigenvalue weighted by Gasteiger charge is 2.34. The predicted molar refractivity (Wildman–Crippen MR) is 109 cm³/mol. The van der Waals surface area contributed by atoms with E-state index in [1.165, 1.54) is 12.1 Å². The van der Waals surface area contributed by atoms with Gasteiger partial charge in [-0.3, -0.25) is 9.59 Å². The fourth-order valence-electron chi connectivity index (χ4n) is 3.23. The van der Waals surface area contributed by atoms with Gasteiger partial charge >= 0.3 is 0 Å². The van der Waals surface area contributed by atoms with E-state index in [4.69, 9.17) is 11.6 Å². The molecule has 1 aliphatic heterocycles. The molecule has 2 amide bonds. The van der Waals surface area contributed by atoms with Crippen LogP contribution < -0.4 is 5.32 Å². The fourth-order valence-corrected chi connectivity index (χ4v) is 4.25. The standard InChI is InChI=1S/C20H16ClFN4O2S/c21-12-7-9-13(10-8-12)23-17(27)19-25-24-18(29-19)16-6-3-11-26(16)20(28)14-4-1-2-5-15(14)22/h1-2,4-5,7-10,16H,3,6,11H2,(H,23,27)/t16-/m0/s1. The maximum atomic E-state index is 14.0. The third-order valence-electron chi connectivity index (χ3n) is 4.64. The van der Waals surface area contributed by atoms with Crippen molar-refractivity contribution in [3.8, 4) is 0 Å². The second-order valence-corrected chi connectivity index (χ2v) is 7.99. The molecule has 0 spiro atoms. The van der Waals surface area contributed by atoms with E-state index in [9.17, 15) is 14.0 Å². The van der Waals surface area contributed by atoms with Crippen LogP contribution >= 0.6 is 22.9 Å². The number of carbonyl (C=O) groups is 2. The van der Waals surface area contributed by atoms with Crippen molar-refractivity contribution in [3.63, 3.8) is 0 Å². The van der Waals surface area contributed by atoms with Crippen LogP contribution in [-0.2, 0) is 0 Å². The van der Waals surface area contributed by atoms with Crippen LogP contribution in [0.4, 0.5) is 10.1 Å². The summed E-state index contributed by atoms with van der Waals surface area (Å²) in [7, 11) is 0. The van der Waals surface area contributed by atoms with Gasteiger partial charge in [-0.1, -0.05) is 35.1 Å². The molecule has 6 nitrogen and oxygen atoms in total. The number of rotatable bonds is 4. The quantitative estimate of drug-likeness (QED) is 0.658. The Labute approximate surface area is 175 Å². The Morgan fingerprint density at radius 2 is 1.90 bits per heavy atom. The Kier molecular flexibility index (Phi) is 5.55. The summed E-state index contributed by atoms with van der Waals surface area (Å²) in [6, 6.07) is 12.3. The molecule has 0 bridgehead atoms. The van der Waals surface area contributed by atoms with E-state index in [1.54, 1.807) is 41.3 Å². The lowest BCUT2D eigenvalue weighted by Crippen LogP contribution is -2.31. The van der Waals surface area contributed by atoms with Crippen molar-refractivity contribution in [2.45, 2.75) is 18.9 Å². The van der Waals surface area contributed by atoms with Crippen LogP contribution in [0.15, 0.2) is 48.5 Å². The molecule has 2 aromatic carbocycles. The monoisotopic (exact) mass is 430 g/mol. The molecule has 3 aromatic rings. The number of amides is 2. The van der Waals surface area contributed by atoms with Gasteiger partial charge in [-0.05, 0) is 49.2 Å². The van der Waals surface area contributed by atoms with Crippen molar-refractivity contribution in [2.24, 2.45) is 0 Å². The summed E-state index contributed by atoms with van der Waals surface area (Å²) in [6.45, 7) is 0.504. The fraction of sp³-hybridized carbons (Fsp3) is 0.200. The summed E-state index contributed by atoms with van der Waals surface area (Å²) in [5.74, 6) is -1.32. The molecule has 1 N–H and O–H groups in total. The van der Waals surface area contributed by atoms with Crippen LogP contribution in [0, 0.1) is 5.82 Å². The van der Waals surface area contributed by atoms with Crippen molar-refractivity contribution in [1.82, 2.24) is 15.1 Å². The van der Waals surface area contributed by atoms with Gasteiger partial charge in [0.15, 0.2) is 0 Å². The molecule has 4 rings (SSSR count). The van der Waals surface area contributed by atoms with E-state index < -0.39 is 5.82 Å². The van der Waals surface area contributed by atoms with Crippen molar-refractivity contribution in [1.29, 1.82) is 0 Å². The number of aromatic nitrogens is 2. The Morgan fingerprint density at radius 1 is 1.14 bits per heavy atom. The van der Waals surface area contributed by atoms with E-state index in [2.05, 4.69) is 15.5 Å². The Morgan fingerprint density at radius 3 is 2.66 bits per heavy atom. The number of hydrogen-bond acceptors (Lipinski definition) is 5. The van der Waals surface area contributed by atoms with Gasteiger partial charge in [-0.15, -0.1) is 10.2 Å². The zero-order chi connectivity index (χ0) is 20.4. The Hall–Kier alpha value is -2.84. The van der Waals surface area contributed by atoms with Gasteiger partial charge in [-0.2, -0.15) is 0 Å². The zero-order valence-electron chi connectivity index (χ0n) is 15.1. The van der Waals surface area contributed by atoms with Crippen molar-refractivity contribution >= 4 is 40.4 Å². The second-order valence-electron chi connectivity index (χ2n) is 6.54. The lowest BCUT2D eigenvalue weighted by molar-refractivity contribution is 0.0730. The molecule has 0 unspecified atom stereocenters. The van der Waals surface area contributed by atoms with Crippen molar-refractivity contribution < 1.29 is 14.0 Å². The van der Waals surface area contributed by atoms with Gasteiger partial charge in [0.05, 0.1) is 11.6 Å². The van der Waals surface area contributed by atoms with Crippen molar-refractivity contribution in [2.75, 3.05) is 11.9 Å². The molecule has 29 heavy (non-hydrogen) atoms. The predicted octanol–water partition coefficient (Wildman–Crippen LogP) is 4.56. The van der Waals surface area contributed by atoms with Crippen LogP contribution in [0.3, 0.4) is 0 Å². The maximum absolute atomic E-state index is 14.0. The van der Waals surface area contributed by atoms with Crippen LogP contribution in [0.2, 0.25) is 5.02 Å². The highest BCUT2D eigenvalue weighted by molar-refractivity contribution is 7.13. The Balaban J connectivity index is 1.50. The summed E-state index contributed by atoms with van der Waals surface area (Å²) in [5, 5.41) is 12.2. The van der Waals surface area contributed by atoms with Crippen LogP contribution in [0.25, 0.3) is 0 Å². The average molecular weight is 431 g/mol. The molecule has 9 heteroatoms. The number of anilines is 1. The first-order chi connectivity index (χ1) is 14.0. The smallest absolute Gasteiger partial charge is 0.286 e.